The Morgan fingerprint density at radius 1 is 1.08 bits per heavy atom. The van der Waals surface area contributed by atoms with Crippen LogP contribution in [0.4, 0.5) is 0 Å². The smallest absolute Gasteiger partial charge is 0.0230 e. The minimum absolute atomic E-state index is 1.04. The molecule has 0 aliphatic rings. The van der Waals surface area contributed by atoms with Crippen LogP contribution in [0.15, 0.2) is 30.3 Å². The molecule has 0 radical (unpaired) electrons. The van der Waals surface area contributed by atoms with Crippen molar-refractivity contribution in [1.29, 1.82) is 0 Å². The molecule has 1 aromatic carbocycles. The number of benzene rings is 1. The quantitative estimate of drug-likeness (QED) is 0.497. The lowest BCUT2D eigenvalue weighted by Crippen LogP contribution is -1.87. The van der Waals surface area contributed by atoms with Gasteiger partial charge in [-0.1, -0.05) is 66.6 Å². The highest BCUT2D eigenvalue weighted by Crippen LogP contribution is 2.36. The van der Waals surface area contributed by atoms with E-state index in [2.05, 4.69) is 37.3 Å². The van der Waals surface area contributed by atoms with E-state index >= 15 is 0 Å². The topological polar surface area (TPSA) is 0 Å². The lowest BCUT2D eigenvalue weighted by molar-refractivity contribution is 0.778. The van der Waals surface area contributed by atoms with Gasteiger partial charge in [-0.2, -0.15) is 0 Å². The van der Waals surface area contributed by atoms with E-state index in [1.54, 1.807) is 0 Å². The molecule has 0 spiro atoms. The fourth-order valence-corrected chi connectivity index (χ4v) is 4.28. The summed E-state index contributed by atoms with van der Waals surface area (Å²) in [6, 6.07) is 10.8. The predicted octanol–water partition coefficient (Wildman–Crippen LogP) is 3.77. The molecule has 2 atom stereocenters. The van der Waals surface area contributed by atoms with Crippen LogP contribution in [0.25, 0.3) is 0 Å². The number of hydrogen-bond acceptors (Lipinski definition) is 0. The normalized spacial score (nSPS) is 12.1. The molecule has 1 rings (SSSR count). The van der Waals surface area contributed by atoms with E-state index in [0.29, 0.717) is 0 Å². The minimum Gasteiger partial charge on any atom is -0.0946 e. The van der Waals surface area contributed by atoms with Gasteiger partial charge >= 0.3 is 0 Å². The Bertz CT molecular complexity index is 209. The Morgan fingerprint density at radius 3 is 2.54 bits per heavy atom. The van der Waals surface area contributed by atoms with Gasteiger partial charge < -0.3 is 0 Å². The molecular formula is C11H18P2. The first-order valence-corrected chi connectivity index (χ1v) is 8.18. The third-order valence-electron chi connectivity index (χ3n) is 1.91. The maximum absolute atomic E-state index is 2.27. The molecule has 0 bridgehead atoms. The first kappa shape index (κ1) is 11.2. The average molecular weight is 212 g/mol. The average Bonchev–Trinajstić information content (AvgIpc) is 2.19. The molecule has 0 aliphatic heterocycles. The van der Waals surface area contributed by atoms with Gasteiger partial charge in [0.25, 0.3) is 0 Å². The maximum Gasteiger partial charge on any atom is -0.0230 e. The Hall–Kier alpha value is 0.0800. The molecule has 72 valence electrons. The van der Waals surface area contributed by atoms with Crippen LogP contribution in [0.1, 0.15) is 26.2 Å². The van der Waals surface area contributed by atoms with Crippen molar-refractivity contribution >= 4 is 21.8 Å². The second-order valence-corrected chi connectivity index (χ2v) is 6.62. The fourth-order valence-electron chi connectivity index (χ4n) is 1.15. The molecule has 0 nitrogen and oxygen atoms in total. The van der Waals surface area contributed by atoms with Crippen LogP contribution in [-0.4, -0.2) is 6.16 Å². The van der Waals surface area contributed by atoms with Gasteiger partial charge in [-0.05, 0) is 17.9 Å². The molecule has 1 aromatic rings. The first-order chi connectivity index (χ1) is 6.43. The zero-order chi connectivity index (χ0) is 9.36. The summed E-state index contributed by atoms with van der Waals surface area (Å²) in [5, 5.41) is 1.53. The second-order valence-electron chi connectivity index (χ2n) is 3.12. The van der Waals surface area contributed by atoms with E-state index in [0.717, 1.165) is 16.5 Å². The standard InChI is InChI=1S/C11H18P2/c1-2-3-7-10-12-13-11-8-5-4-6-9-11/h4-6,8-9,12-13H,2-3,7,10H2,1H3. The largest absolute Gasteiger partial charge is 0.0946 e. The zero-order valence-electron chi connectivity index (χ0n) is 8.22. The van der Waals surface area contributed by atoms with Crippen molar-refractivity contribution in [1.82, 2.24) is 0 Å². The van der Waals surface area contributed by atoms with E-state index in [1.807, 2.05) is 0 Å². The summed E-state index contributed by atoms with van der Waals surface area (Å²) in [5.41, 5.74) is 0. The van der Waals surface area contributed by atoms with E-state index in [-0.39, 0.29) is 0 Å². The summed E-state index contributed by atoms with van der Waals surface area (Å²) in [4.78, 5) is 0. The first-order valence-electron chi connectivity index (χ1n) is 4.97. The molecule has 0 fully saturated rings. The molecule has 13 heavy (non-hydrogen) atoms. The van der Waals surface area contributed by atoms with Gasteiger partial charge in [-0.25, -0.2) is 0 Å². The van der Waals surface area contributed by atoms with Crippen molar-refractivity contribution in [3.8, 4) is 0 Å². The molecule has 0 heterocycles. The van der Waals surface area contributed by atoms with Crippen molar-refractivity contribution in [2.24, 2.45) is 0 Å². The Balaban J connectivity index is 2.07. The van der Waals surface area contributed by atoms with Crippen LogP contribution in [0.5, 0.6) is 0 Å². The van der Waals surface area contributed by atoms with Gasteiger partial charge in [0.05, 0.1) is 0 Å². The Kier molecular flexibility index (Phi) is 6.42. The minimum atomic E-state index is 1.04. The highest BCUT2D eigenvalue weighted by Gasteiger charge is 1.91. The van der Waals surface area contributed by atoms with Gasteiger partial charge in [-0.3, -0.25) is 0 Å². The summed E-state index contributed by atoms with van der Waals surface area (Å²) in [5.74, 6) is 0. The lowest BCUT2D eigenvalue weighted by Gasteiger charge is -2.01. The van der Waals surface area contributed by atoms with E-state index < -0.39 is 0 Å². The summed E-state index contributed by atoms with van der Waals surface area (Å²) in [6.45, 7) is 2.27. The third kappa shape index (κ3) is 5.40. The molecule has 0 saturated heterocycles. The number of rotatable bonds is 6. The Labute approximate surface area is 85.0 Å². The third-order valence-corrected chi connectivity index (χ3v) is 5.46. The molecule has 2 unspecified atom stereocenters. The summed E-state index contributed by atoms with van der Waals surface area (Å²) in [6.07, 6.45) is 5.61. The van der Waals surface area contributed by atoms with Gasteiger partial charge in [0.15, 0.2) is 0 Å². The van der Waals surface area contributed by atoms with E-state index in [4.69, 9.17) is 0 Å². The summed E-state index contributed by atoms with van der Waals surface area (Å²) in [7, 11) is 2.19. The number of hydrogen-bond donors (Lipinski definition) is 0. The monoisotopic (exact) mass is 212 g/mol. The molecule has 0 saturated carbocycles. The highest BCUT2D eigenvalue weighted by molar-refractivity contribution is 8.15. The maximum atomic E-state index is 2.27. The van der Waals surface area contributed by atoms with Crippen molar-refractivity contribution in [3.05, 3.63) is 30.3 Å². The summed E-state index contributed by atoms with van der Waals surface area (Å²) >= 11 is 0. The van der Waals surface area contributed by atoms with Gasteiger partial charge in [0.2, 0.25) is 0 Å². The van der Waals surface area contributed by atoms with Gasteiger partial charge in [-0.15, -0.1) is 0 Å². The van der Waals surface area contributed by atoms with Crippen LogP contribution in [0, 0.1) is 0 Å². The van der Waals surface area contributed by atoms with Crippen molar-refractivity contribution < 1.29 is 0 Å². The van der Waals surface area contributed by atoms with Crippen molar-refractivity contribution in [2.75, 3.05) is 6.16 Å². The Morgan fingerprint density at radius 2 is 1.85 bits per heavy atom. The molecule has 0 aromatic heterocycles. The predicted molar refractivity (Wildman–Crippen MR) is 67.1 cm³/mol. The molecule has 2 heteroatoms. The second kappa shape index (κ2) is 7.48. The van der Waals surface area contributed by atoms with Gasteiger partial charge in [0.1, 0.15) is 0 Å². The van der Waals surface area contributed by atoms with Crippen LogP contribution in [0.3, 0.4) is 0 Å². The van der Waals surface area contributed by atoms with Crippen LogP contribution < -0.4 is 5.30 Å². The number of unbranched alkanes of at least 4 members (excludes halogenated alkanes) is 2. The zero-order valence-corrected chi connectivity index (χ0v) is 10.2. The highest BCUT2D eigenvalue weighted by atomic mass is 32.0. The van der Waals surface area contributed by atoms with Crippen LogP contribution >= 0.6 is 16.5 Å². The molecular weight excluding hydrogens is 194 g/mol. The molecule has 0 N–H and O–H groups in total. The lowest BCUT2D eigenvalue weighted by atomic mass is 10.3. The van der Waals surface area contributed by atoms with Crippen molar-refractivity contribution in [3.63, 3.8) is 0 Å². The van der Waals surface area contributed by atoms with E-state index in [1.165, 1.54) is 30.7 Å². The van der Waals surface area contributed by atoms with Crippen LogP contribution in [0.2, 0.25) is 0 Å². The molecule has 0 aliphatic carbocycles. The van der Waals surface area contributed by atoms with Crippen molar-refractivity contribution in [2.45, 2.75) is 26.2 Å². The SMILES string of the molecule is CCCCCPPc1ccccc1. The van der Waals surface area contributed by atoms with Gasteiger partial charge in [0, 0.05) is 0 Å². The fraction of sp³-hybridized carbons (Fsp3) is 0.455. The van der Waals surface area contributed by atoms with E-state index in [9.17, 15) is 0 Å². The van der Waals surface area contributed by atoms with Crippen LogP contribution in [-0.2, 0) is 0 Å². The molecule has 0 amide bonds. The summed E-state index contributed by atoms with van der Waals surface area (Å²) < 4.78 is 0.